The molecule has 1 aromatic carbocycles. The molecular formula is C17H19ClN4O3. The predicted octanol–water partition coefficient (Wildman–Crippen LogP) is 2.13. The van der Waals surface area contributed by atoms with Gasteiger partial charge in [-0.3, -0.25) is 4.79 Å². The van der Waals surface area contributed by atoms with Crippen molar-refractivity contribution in [3.63, 3.8) is 0 Å². The lowest BCUT2D eigenvalue weighted by atomic mass is 10.2. The van der Waals surface area contributed by atoms with Gasteiger partial charge in [0, 0.05) is 23.7 Å². The van der Waals surface area contributed by atoms with E-state index in [-0.39, 0.29) is 12.4 Å². The average molecular weight is 363 g/mol. The fourth-order valence-corrected chi connectivity index (χ4v) is 2.68. The Balaban J connectivity index is 1.96. The molecule has 0 saturated carbocycles. The maximum Gasteiger partial charge on any atom is 0.313 e. The van der Waals surface area contributed by atoms with Gasteiger partial charge in [0.05, 0.1) is 19.8 Å². The quantitative estimate of drug-likeness (QED) is 0.754. The van der Waals surface area contributed by atoms with Crippen molar-refractivity contribution in [2.75, 3.05) is 37.8 Å². The molecule has 7 nitrogen and oxygen atoms in total. The zero-order valence-corrected chi connectivity index (χ0v) is 14.7. The molecule has 0 atom stereocenters. The molecule has 25 heavy (non-hydrogen) atoms. The van der Waals surface area contributed by atoms with Crippen molar-refractivity contribution in [3.05, 3.63) is 35.1 Å². The lowest BCUT2D eigenvalue weighted by Crippen LogP contribution is -2.37. The van der Waals surface area contributed by atoms with Gasteiger partial charge in [-0.15, -0.1) is 0 Å². The highest BCUT2D eigenvalue weighted by Gasteiger charge is 2.18. The van der Waals surface area contributed by atoms with Crippen LogP contribution in [0.3, 0.4) is 0 Å². The second-order valence-corrected chi connectivity index (χ2v) is 5.90. The van der Waals surface area contributed by atoms with Crippen LogP contribution in [0.2, 0.25) is 5.02 Å². The Morgan fingerprint density at radius 3 is 2.80 bits per heavy atom. The van der Waals surface area contributed by atoms with Crippen molar-refractivity contribution >= 4 is 23.5 Å². The Bertz CT molecular complexity index is 750. The molecule has 0 N–H and O–H groups in total. The standard InChI is InChI=1S/C17H19ClN4O3/c1-2-25-15(23)11-14-19-16(12-4-3-5-13(18)10-12)21-17(20-14)22-6-8-24-9-7-22/h3-5,10H,2,6-9,11H2,1H3. The molecule has 0 aliphatic carbocycles. The Morgan fingerprint density at radius 2 is 2.08 bits per heavy atom. The summed E-state index contributed by atoms with van der Waals surface area (Å²) in [7, 11) is 0. The zero-order valence-electron chi connectivity index (χ0n) is 13.9. The maximum absolute atomic E-state index is 11.8. The van der Waals surface area contributed by atoms with E-state index in [1.165, 1.54) is 0 Å². The molecule has 8 heteroatoms. The van der Waals surface area contributed by atoms with E-state index >= 15 is 0 Å². The number of benzene rings is 1. The van der Waals surface area contributed by atoms with E-state index in [4.69, 9.17) is 21.1 Å². The Kier molecular flexibility index (Phi) is 5.78. The minimum absolute atomic E-state index is 0.00126. The topological polar surface area (TPSA) is 77.4 Å². The third-order valence-corrected chi connectivity index (χ3v) is 3.89. The van der Waals surface area contributed by atoms with Gasteiger partial charge in [-0.05, 0) is 19.1 Å². The molecule has 1 aliphatic heterocycles. The van der Waals surface area contributed by atoms with E-state index in [2.05, 4.69) is 15.0 Å². The summed E-state index contributed by atoms with van der Waals surface area (Å²) >= 11 is 6.08. The number of esters is 1. The summed E-state index contributed by atoms with van der Waals surface area (Å²) in [4.78, 5) is 27.3. The smallest absolute Gasteiger partial charge is 0.313 e. The molecule has 0 amide bonds. The molecule has 1 saturated heterocycles. The van der Waals surface area contributed by atoms with Crippen LogP contribution in [-0.4, -0.2) is 53.8 Å². The highest BCUT2D eigenvalue weighted by atomic mass is 35.5. The molecule has 132 valence electrons. The molecule has 0 bridgehead atoms. The Labute approximate surface area is 151 Å². The number of ether oxygens (including phenoxy) is 2. The predicted molar refractivity (Wildman–Crippen MR) is 93.6 cm³/mol. The zero-order chi connectivity index (χ0) is 17.6. The molecule has 0 unspecified atom stereocenters. The van der Waals surface area contributed by atoms with Crippen LogP contribution in [0.15, 0.2) is 24.3 Å². The SMILES string of the molecule is CCOC(=O)Cc1nc(-c2cccc(Cl)c2)nc(N2CCOCC2)n1. The van der Waals surface area contributed by atoms with Crippen LogP contribution in [-0.2, 0) is 20.7 Å². The molecule has 3 rings (SSSR count). The van der Waals surface area contributed by atoms with Gasteiger partial charge in [-0.25, -0.2) is 4.98 Å². The number of aromatic nitrogens is 3. The summed E-state index contributed by atoms with van der Waals surface area (Å²) < 4.78 is 10.4. The van der Waals surface area contributed by atoms with E-state index in [0.29, 0.717) is 55.5 Å². The van der Waals surface area contributed by atoms with E-state index in [1.807, 2.05) is 17.0 Å². The summed E-state index contributed by atoms with van der Waals surface area (Å²) in [6, 6.07) is 7.28. The van der Waals surface area contributed by atoms with Crippen LogP contribution in [0, 0.1) is 0 Å². The van der Waals surface area contributed by atoms with E-state index in [0.717, 1.165) is 5.56 Å². The molecule has 0 radical (unpaired) electrons. The number of hydrogen-bond donors (Lipinski definition) is 0. The summed E-state index contributed by atoms with van der Waals surface area (Å²) in [6.07, 6.45) is 0.00126. The lowest BCUT2D eigenvalue weighted by Gasteiger charge is -2.27. The number of anilines is 1. The highest BCUT2D eigenvalue weighted by molar-refractivity contribution is 6.30. The van der Waals surface area contributed by atoms with E-state index in [9.17, 15) is 4.79 Å². The summed E-state index contributed by atoms with van der Waals surface area (Å²) in [6.45, 7) is 4.70. The number of rotatable bonds is 5. The van der Waals surface area contributed by atoms with E-state index in [1.54, 1.807) is 19.1 Å². The molecule has 1 fully saturated rings. The van der Waals surface area contributed by atoms with Crippen LogP contribution >= 0.6 is 11.6 Å². The third-order valence-electron chi connectivity index (χ3n) is 3.65. The number of nitrogens with zero attached hydrogens (tertiary/aromatic N) is 4. The molecule has 2 aromatic rings. The maximum atomic E-state index is 11.8. The van der Waals surface area contributed by atoms with Crippen LogP contribution in [0.25, 0.3) is 11.4 Å². The molecular weight excluding hydrogens is 344 g/mol. The van der Waals surface area contributed by atoms with Crippen LogP contribution < -0.4 is 4.90 Å². The van der Waals surface area contributed by atoms with E-state index < -0.39 is 0 Å². The minimum atomic E-state index is -0.362. The van der Waals surface area contributed by atoms with Crippen LogP contribution in [0.4, 0.5) is 5.95 Å². The van der Waals surface area contributed by atoms with Gasteiger partial charge in [-0.1, -0.05) is 23.7 Å². The van der Waals surface area contributed by atoms with Gasteiger partial charge >= 0.3 is 5.97 Å². The lowest BCUT2D eigenvalue weighted by molar-refractivity contribution is -0.142. The van der Waals surface area contributed by atoms with Crippen molar-refractivity contribution in [1.82, 2.24) is 15.0 Å². The fourth-order valence-electron chi connectivity index (χ4n) is 2.49. The number of halogens is 1. The molecule has 1 aliphatic rings. The number of carbonyl (C=O) groups is 1. The van der Waals surface area contributed by atoms with Crippen molar-refractivity contribution < 1.29 is 14.3 Å². The second-order valence-electron chi connectivity index (χ2n) is 5.47. The van der Waals surface area contributed by atoms with Crippen LogP contribution in [0.1, 0.15) is 12.7 Å². The summed E-state index contributed by atoms with van der Waals surface area (Å²) in [5.74, 6) is 1.04. The Morgan fingerprint density at radius 1 is 1.28 bits per heavy atom. The second kappa shape index (κ2) is 8.22. The average Bonchev–Trinajstić information content (AvgIpc) is 2.62. The minimum Gasteiger partial charge on any atom is -0.466 e. The van der Waals surface area contributed by atoms with Gasteiger partial charge in [0.25, 0.3) is 0 Å². The summed E-state index contributed by atoms with van der Waals surface area (Å²) in [5.41, 5.74) is 0.773. The first-order valence-corrected chi connectivity index (χ1v) is 8.52. The molecule has 2 heterocycles. The van der Waals surface area contributed by atoms with Gasteiger partial charge in [0.1, 0.15) is 12.2 Å². The highest BCUT2D eigenvalue weighted by Crippen LogP contribution is 2.22. The van der Waals surface area contributed by atoms with Crippen molar-refractivity contribution in [2.45, 2.75) is 13.3 Å². The number of hydrogen-bond acceptors (Lipinski definition) is 7. The van der Waals surface area contributed by atoms with Gasteiger partial charge in [-0.2, -0.15) is 9.97 Å². The fraction of sp³-hybridized carbons (Fsp3) is 0.412. The normalized spacial score (nSPS) is 14.4. The van der Waals surface area contributed by atoms with Crippen molar-refractivity contribution in [1.29, 1.82) is 0 Å². The van der Waals surface area contributed by atoms with Crippen molar-refractivity contribution in [2.24, 2.45) is 0 Å². The monoisotopic (exact) mass is 362 g/mol. The van der Waals surface area contributed by atoms with Gasteiger partial charge < -0.3 is 14.4 Å². The Hall–Kier alpha value is -2.25. The molecule has 1 aromatic heterocycles. The largest absolute Gasteiger partial charge is 0.466 e. The molecule has 0 spiro atoms. The van der Waals surface area contributed by atoms with Crippen molar-refractivity contribution in [3.8, 4) is 11.4 Å². The summed E-state index contributed by atoms with van der Waals surface area (Å²) in [5, 5.41) is 0.595. The van der Waals surface area contributed by atoms with Crippen LogP contribution in [0.5, 0.6) is 0 Å². The van der Waals surface area contributed by atoms with Gasteiger partial charge in [0.15, 0.2) is 5.82 Å². The first kappa shape index (κ1) is 17.6. The first-order chi connectivity index (χ1) is 12.2. The number of carbonyl (C=O) groups excluding carboxylic acids is 1. The van der Waals surface area contributed by atoms with Gasteiger partial charge in [0.2, 0.25) is 5.95 Å². The number of morpholine rings is 1. The first-order valence-electron chi connectivity index (χ1n) is 8.15. The third kappa shape index (κ3) is 4.64.